The lowest BCUT2D eigenvalue weighted by molar-refractivity contribution is -0.180. The van der Waals surface area contributed by atoms with Crippen LogP contribution < -0.4 is 0 Å². The van der Waals surface area contributed by atoms with Gasteiger partial charge in [0.1, 0.15) is 11.4 Å². The van der Waals surface area contributed by atoms with Crippen LogP contribution in [0.15, 0.2) is 46.8 Å². The second-order valence-corrected chi connectivity index (χ2v) is 12.5. The van der Waals surface area contributed by atoms with Crippen molar-refractivity contribution in [2.75, 3.05) is 0 Å². The Morgan fingerprint density at radius 1 is 1.09 bits per heavy atom. The zero-order valence-corrected chi connectivity index (χ0v) is 23.4. The minimum absolute atomic E-state index is 0.0423. The zero-order chi connectivity index (χ0) is 26.6. The Labute approximate surface area is 212 Å². The van der Waals surface area contributed by atoms with Crippen LogP contribution in [-0.2, 0) is 19.1 Å². The lowest BCUT2D eigenvalue weighted by atomic mass is 9.38. The number of allylic oxidation sites excluding steroid dienone is 7. The van der Waals surface area contributed by atoms with Gasteiger partial charge in [-0.05, 0) is 92.2 Å². The van der Waals surface area contributed by atoms with Gasteiger partial charge in [0.15, 0.2) is 22.8 Å². The second-order valence-electron chi connectivity index (χ2n) is 12.5. The van der Waals surface area contributed by atoms with E-state index in [4.69, 9.17) is 4.74 Å². The van der Waals surface area contributed by atoms with Gasteiger partial charge in [0.2, 0.25) is 0 Å². The smallest absolute Gasteiger partial charge is 0.187 e. The van der Waals surface area contributed by atoms with E-state index in [9.17, 15) is 14.4 Å². The molecule has 5 atom stereocenters. The maximum Gasteiger partial charge on any atom is 0.187 e. The molecule has 35 heavy (non-hydrogen) atoms. The van der Waals surface area contributed by atoms with Crippen molar-refractivity contribution in [1.82, 2.24) is 0 Å². The van der Waals surface area contributed by atoms with Crippen LogP contribution in [0.5, 0.6) is 0 Å². The maximum atomic E-state index is 14.7. The first-order chi connectivity index (χ1) is 16.1. The Hall–Kier alpha value is -2.23. The summed E-state index contributed by atoms with van der Waals surface area (Å²) in [5.74, 6) is -0.828. The third kappa shape index (κ3) is 4.01. The average molecular weight is 481 g/mol. The molecule has 0 aromatic heterocycles. The number of Topliss-reactive ketones (excluding diaryl/α,β-unsaturated/α-hetero) is 3. The largest absolute Gasteiger partial charge is 0.486 e. The molecule has 0 saturated heterocycles. The van der Waals surface area contributed by atoms with Crippen LogP contribution in [-0.4, -0.2) is 23.0 Å². The van der Waals surface area contributed by atoms with Crippen LogP contribution >= 0.6 is 0 Å². The van der Waals surface area contributed by atoms with Crippen molar-refractivity contribution in [2.24, 2.45) is 28.1 Å². The van der Waals surface area contributed by atoms with Crippen molar-refractivity contribution in [3.05, 3.63) is 46.8 Å². The zero-order valence-electron chi connectivity index (χ0n) is 23.4. The minimum atomic E-state index is -1.73. The van der Waals surface area contributed by atoms with E-state index < -0.39 is 27.8 Å². The number of ketones is 3. The number of hydrogen-bond donors (Lipinski definition) is 0. The lowest BCUT2D eigenvalue weighted by Gasteiger charge is -2.61. The normalized spacial score (nSPS) is 34.1. The lowest BCUT2D eigenvalue weighted by Crippen LogP contribution is -2.71. The summed E-state index contributed by atoms with van der Waals surface area (Å²) >= 11 is 0. The molecule has 4 nitrogen and oxygen atoms in total. The summed E-state index contributed by atoms with van der Waals surface area (Å²) in [7, 11) is 0. The van der Waals surface area contributed by atoms with Crippen LogP contribution in [0.3, 0.4) is 0 Å². The number of ether oxygens (including phenoxy) is 1. The summed E-state index contributed by atoms with van der Waals surface area (Å²) < 4.78 is 6.37. The molecule has 1 saturated carbocycles. The monoisotopic (exact) mass is 480 g/mol. The molecular formula is C31H44O4. The highest BCUT2D eigenvalue weighted by molar-refractivity contribution is 6.34. The van der Waals surface area contributed by atoms with E-state index in [1.807, 2.05) is 67.5 Å². The van der Waals surface area contributed by atoms with E-state index in [2.05, 4.69) is 26.0 Å². The van der Waals surface area contributed by atoms with Crippen molar-refractivity contribution in [2.45, 2.75) is 101 Å². The number of carbonyl (C=O) groups is 3. The molecule has 2 aliphatic carbocycles. The van der Waals surface area contributed by atoms with E-state index in [1.54, 1.807) is 0 Å². The summed E-state index contributed by atoms with van der Waals surface area (Å²) in [6.45, 7) is 19.8. The molecule has 192 valence electrons. The van der Waals surface area contributed by atoms with Gasteiger partial charge in [-0.15, -0.1) is 0 Å². The summed E-state index contributed by atoms with van der Waals surface area (Å²) in [5.41, 5.74) is -1.51. The maximum absolute atomic E-state index is 14.7. The first-order valence-electron chi connectivity index (χ1n) is 13.1. The molecule has 0 amide bonds. The predicted molar refractivity (Wildman–Crippen MR) is 141 cm³/mol. The molecule has 0 aromatic carbocycles. The molecule has 0 radical (unpaired) electrons. The molecule has 1 aliphatic heterocycles. The molecular weight excluding hydrogens is 436 g/mol. The first kappa shape index (κ1) is 27.4. The highest BCUT2D eigenvalue weighted by atomic mass is 16.5. The molecule has 3 aliphatic rings. The molecule has 3 rings (SSSR count). The van der Waals surface area contributed by atoms with Crippen molar-refractivity contribution in [3.63, 3.8) is 0 Å². The van der Waals surface area contributed by atoms with Gasteiger partial charge in [0.25, 0.3) is 0 Å². The van der Waals surface area contributed by atoms with Gasteiger partial charge in [-0.3, -0.25) is 14.4 Å². The summed E-state index contributed by atoms with van der Waals surface area (Å²) in [4.78, 5) is 43.7. The van der Waals surface area contributed by atoms with Crippen molar-refractivity contribution in [1.29, 1.82) is 0 Å². The quantitative estimate of drug-likeness (QED) is 0.288. The molecule has 0 N–H and O–H groups in total. The third-order valence-electron chi connectivity index (χ3n) is 8.78. The fourth-order valence-electron chi connectivity index (χ4n) is 6.37. The highest BCUT2D eigenvalue weighted by Crippen LogP contribution is 2.67. The highest BCUT2D eigenvalue weighted by Gasteiger charge is 2.75. The van der Waals surface area contributed by atoms with Gasteiger partial charge < -0.3 is 4.74 Å². The molecule has 0 unspecified atom stereocenters. The fourth-order valence-corrected chi connectivity index (χ4v) is 6.37. The van der Waals surface area contributed by atoms with Gasteiger partial charge in [0, 0.05) is 11.3 Å². The second kappa shape index (κ2) is 9.01. The number of carbonyl (C=O) groups excluding carboxylic acids is 3. The number of fused-ring (bicyclic) bond motifs is 3. The Balaban J connectivity index is 2.42. The van der Waals surface area contributed by atoms with Crippen LogP contribution in [0.1, 0.15) is 94.9 Å². The topological polar surface area (TPSA) is 60.4 Å². The standard InChI is InChI=1S/C31H44O4/c1-11-21(6)24(32)31-25(33)23-15-16-28(7,8)35-26(23)29(9,27(31)34)18-22(13-12-19(2)3)30(31,10)17-14-20(4)5/h12,14-16,21-22H,11,13,17-18H2,1-10H3/t21-,22-,29+,30+,31-/m1/s1. The van der Waals surface area contributed by atoms with E-state index in [0.717, 1.165) is 5.57 Å². The molecule has 1 heterocycles. The predicted octanol–water partition coefficient (Wildman–Crippen LogP) is 7.10. The van der Waals surface area contributed by atoms with Crippen molar-refractivity contribution in [3.8, 4) is 0 Å². The number of hydrogen-bond acceptors (Lipinski definition) is 4. The Morgan fingerprint density at radius 2 is 1.69 bits per heavy atom. The Kier molecular flexibility index (Phi) is 7.05. The van der Waals surface area contributed by atoms with Crippen molar-refractivity contribution >= 4 is 17.3 Å². The van der Waals surface area contributed by atoms with E-state index in [-0.39, 0.29) is 23.3 Å². The van der Waals surface area contributed by atoms with Gasteiger partial charge >= 0.3 is 0 Å². The summed E-state index contributed by atoms with van der Waals surface area (Å²) in [5, 5.41) is 0. The van der Waals surface area contributed by atoms with Gasteiger partial charge in [0.05, 0.1) is 11.0 Å². The van der Waals surface area contributed by atoms with Crippen LogP contribution in [0.25, 0.3) is 0 Å². The van der Waals surface area contributed by atoms with Crippen LogP contribution in [0.4, 0.5) is 0 Å². The minimum Gasteiger partial charge on any atom is -0.486 e. The van der Waals surface area contributed by atoms with Gasteiger partial charge in [-0.25, -0.2) is 0 Å². The Bertz CT molecular complexity index is 1060. The van der Waals surface area contributed by atoms with Gasteiger partial charge in [-0.2, -0.15) is 0 Å². The fraction of sp³-hybridized carbons (Fsp3) is 0.645. The molecule has 2 bridgehead atoms. The van der Waals surface area contributed by atoms with E-state index in [1.165, 1.54) is 5.57 Å². The Morgan fingerprint density at radius 3 is 2.23 bits per heavy atom. The SMILES string of the molecule is CC[C@@H](C)C(=O)[C@]12C(=O)C3=C(OC(C)(C)C=C3)[C@](C)(C[C@@H](CC=C(C)C)[C@]1(C)CC=C(C)C)C2=O. The van der Waals surface area contributed by atoms with Crippen molar-refractivity contribution < 1.29 is 19.1 Å². The average Bonchev–Trinajstić information content (AvgIpc) is 2.77. The van der Waals surface area contributed by atoms with E-state index in [0.29, 0.717) is 37.0 Å². The van der Waals surface area contributed by atoms with Crippen LogP contribution in [0.2, 0.25) is 0 Å². The molecule has 4 heteroatoms. The van der Waals surface area contributed by atoms with Gasteiger partial charge in [-0.1, -0.05) is 44.1 Å². The summed E-state index contributed by atoms with van der Waals surface area (Å²) in [6.07, 6.45) is 10.3. The molecule has 0 spiro atoms. The third-order valence-corrected chi connectivity index (χ3v) is 8.78. The first-order valence-corrected chi connectivity index (χ1v) is 13.1. The van der Waals surface area contributed by atoms with Crippen LogP contribution in [0, 0.1) is 28.1 Å². The number of rotatable bonds is 7. The summed E-state index contributed by atoms with van der Waals surface area (Å²) in [6, 6.07) is 0. The van der Waals surface area contributed by atoms with E-state index >= 15 is 0 Å². The molecule has 1 fully saturated rings. The molecule has 0 aromatic rings.